The smallest absolute Gasteiger partial charge is 0.428 e. The minimum Gasteiger partial charge on any atom is -0.443 e. The molecule has 0 unspecified atom stereocenters. The third kappa shape index (κ3) is 4.81. The fourth-order valence-electron chi connectivity index (χ4n) is 2.51. The Morgan fingerprint density at radius 1 is 1.04 bits per heavy atom. The molecule has 0 aliphatic rings. The molecule has 0 spiro atoms. The van der Waals surface area contributed by atoms with Crippen LogP contribution in [-0.4, -0.2) is 37.0 Å². The van der Waals surface area contributed by atoms with Crippen molar-refractivity contribution < 1.29 is 9.53 Å². The number of nitrogens with one attached hydrogen (secondary N) is 1. The molecule has 0 atom stereocenters. The highest BCUT2D eigenvalue weighted by atomic mass is 16.6. The van der Waals surface area contributed by atoms with Gasteiger partial charge in [-0.3, -0.25) is 0 Å². The van der Waals surface area contributed by atoms with Gasteiger partial charge in [-0.05, 0) is 32.9 Å². The first-order valence-electron chi connectivity index (χ1n) is 8.54. The molecule has 2 heterocycles. The molecule has 8 nitrogen and oxygen atoms in total. The second-order valence-electron chi connectivity index (χ2n) is 6.82. The Hall–Kier alpha value is -3.42. The summed E-state index contributed by atoms with van der Waals surface area (Å²) in [5, 5.41) is 13.0. The second kappa shape index (κ2) is 7.86. The van der Waals surface area contributed by atoms with Gasteiger partial charge in [-0.25, -0.2) is 19.6 Å². The SMILES string of the molecule is CC(C)(C)OC(=O)N/N=C(\c1ccccc1)C(n1cccn1)n1cccn1. The molecule has 3 rings (SSSR count). The lowest BCUT2D eigenvalue weighted by Gasteiger charge is -2.22. The zero-order valence-electron chi connectivity index (χ0n) is 15.5. The van der Waals surface area contributed by atoms with E-state index in [4.69, 9.17) is 4.74 Å². The fraction of sp³-hybridized carbons (Fsp3) is 0.263. The van der Waals surface area contributed by atoms with Crippen molar-refractivity contribution in [1.29, 1.82) is 0 Å². The first-order valence-corrected chi connectivity index (χ1v) is 8.54. The number of hydrazone groups is 1. The Morgan fingerprint density at radius 3 is 2.11 bits per heavy atom. The molecular weight excluding hydrogens is 344 g/mol. The Kier molecular flexibility index (Phi) is 5.35. The van der Waals surface area contributed by atoms with Crippen LogP contribution >= 0.6 is 0 Å². The lowest BCUT2D eigenvalue weighted by atomic mass is 10.1. The summed E-state index contributed by atoms with van der Waals surface area (Å²) in [6, 6.07) is 13.2. The maximum absolute atomic E-state index is 12.1. The van der Waals surface area contributed by atoms with E-state index in [2.05, 4.69) is 20.7 Å². The lowest BCUT2D eigenvalue weighted by Crippen LogP contribution is -2.34. The number of aromatic nitrogens is 4. The number of hydrogen-bond acceptors (Lipinski definition) is 5. The Labute approximate surface area is 157 Å². The molecule has 0 saturated heterocycles. The molecule has 1 amide bonds. The summed E-state index contributed by atoms with van der Waals surface area (Å²) >= 11 is 0. The van der Waals surface area contributed by atoms with Gasteiger partial charge in [0.1, 0.15) is 11.3 Å². The lowest BCUT2D eigenvalue weighted by molar-refractivity contribution is 0.0529. The zero-order chi connectivity index (χ0) is 19.3. The molecule has 27 heavy (non-hydrogen) atoms. The van der Waals surface area contributed by atoms with E-state index in [1.165, 1.54) is 0 Å². The van der Waals surface area contributed by atoms with Crippen molar-refractivity contribution in [3.8, 4) is 0 Å². The first-order chi connectivity index (χ1) is 12.9. The van der Waals surface area contributed by atoms with Gasteiger partial charge < -0.3 is 4.74 Å². The highest BCUT2D eigenvalue weighted by Crippen LogP contribution is 2.17. The normalized spacial score (nSPS) is 12.2. The molecule has 0 bridgehead atoms. The third-order valence-electron chi connectivity index (χ3n) is 3.53. The number of rotatable bonds is 5. The minimum absolute atomic E-state index is 0.479. The van der Waals surface area contributed by atoms with Crippen LogP contribution in [-0.2, 0) is 4.74 Å². The summed E-state index contributed by atoms with van der Waals surface area (Å²) in [5.74, 6) is 0. The van der Waals surface area contributed by atoms with Crippen molar-refractivity contribution >= 4 is 11.8 Å². The van der Waals surface area contributed by atoms with Crippen LogP contribution in [0.5, 0.6) is 0 Å². The number of amides is 1. The molecular formula is C19H22N6O2. The van der Waals surface area contributed by atoms with E-state index >= 15 is 0 Å². The molecule has 2 aromatic heterocycles. The number of carbonyl (C=O) groups is 1. The van der Waals surface area contributed by atoms with Gasteiger partial charge in [-0.15, -0.1) is 0 Å². The maximum Gasteiger partial charge on any atom is 0.428 e. The monoisotopic (exact) mass is 366 g/mol. The zero-order valence-corrected chi connectivity index (χ0v) is 15.5. The molecule has 1 N–H and O–H groups in total. The van der Waals surface area contributed by atoms with Gasteiger partial charge in [0.05, 0.1) is 0 Å². The highest BCUT2D eigenvalue weighted by molar-refractivity contribution is 6.03. The molecule has 3 aromatic rings. The van der Waals surface area contributed by atoms with Gasteiger partial charge in [0.25, 0.3) is 0 Å². The topological polar surface area (TPSA) is 86.3 Å². The third-order valence-corrected chi connectivity index (χ3v) is 3.53. The summed E-state index contributed by atoms with van der Waals surface area (Å²) in [7, 11) is 0. The summed E-state index contributed by atoms with van der Waals surface area (Å²) in [6.07, 6.45) is 5.89. The van der Waals surface area contributed by atoms with Crippen LogP contribution in [0.4, 0.5) is 4.79 Å². The first kappa shape index (κ1) is 18.4. The predicted molar refractivity (Wildman–Crippen MR) is 101 cm³/mol. The Balaban J connectivity index is 2.00. The summed E-state index contributed by atoms with van der Waals surface area (Å²) in [6.45, 7) is 5.39. The summed E-state index contributed by atoms with van der Waals surface area (Å²) in [5.41, 5.74) is 3.26. The molecule has 0 radical (unpaired) electrons. The van der Waals surface area contributed by atoms with Gasteiger partial charge in [0.2, 0.25) is 0 Å². The van der Waals surface area contributed by atoms with Gasteiger partial charge in [-0.1, -0.05) is 30.3 Å². The van der Waals surface area contributed by atoms with Gasteiger partial charge in [0, 0.05) is 30.4 Å². The van der Waals surface area contributed by atoms with Crippen LogP contribution in [0.25, 0.3) is 0 Å². The van der Waals surface area contributed by atoms with Crippen molar-refractivity contribution in [3.05, 3.63) is 72.8 Å². The quantitative estimate of drug-likeness (QED) is 0.555. The molecule has 140 valence electrons. The average Bonchev–Trinajstić information content (AvgIpc) is 3.32. The van der Waals surface area contributed by atoms with E-state index in [-0.39, 0.29) is 0 Å². The molecule has 0 aliphatic carbocycles. The molecule has 0 saturated carbocycles. The molecule has 8 heteroatoms. The number of benzene rings is 1. The van der Waals surface area contributed by atoms with Gasteiger partial charge >= 0.3 is 6.09 Å². The second-order valence-corrected chi connectivity index (χ2v) is 6.82. The van der Waals surface area contributed by atoms with Crippen molar-refractivity contribution in [2.45, 2.75) is 32.5 Å². The van der Waals surface area contributed by atoms with Crippen molar-refractivity contribution in [2.75, 3.05) is 0 Å². The predicted octanol–water partition coefficient (Wildman–Crippen LogP) is 3.06. The summed E-state index contributed by atoms with van der Waals surface area (Å²) < 4.78 is 8.72. The molecule has 1 aromatic carbocycles. The van der Waals surface area contributed by atoms with Crippen molar-refractivity contribution in [3.63, 3.8) is 0 Å². The van der Waals surface area contributed by atoms with Crippen LogP contribution in [0, 0.1) is 0 Å². The molecule has 0 aliphatic heterocycles. The number of carbonyl (C=O) groups excluding carboxylic acids is 1. The summed E-state index contributed by atoms with van der Waals surface area (Å²) in [4.78, 5) is 12.1. The van der Waals surface area contributed by atoms with E-state index in [0.717, 1.165) is 5.56 Å². The maximum atomic E-state index is 12.1. The van der Waals surface area contributed by atoms with E-state index < -0.39 is 17.9 Å². The minimum atomic E-state index is -0.629. The Morgan fingerprint density at radius 2 is 1.63 bits per heavy atom. The van der Waals surface area contributed by atoms with E-state index in [1.54, 1.807) is 42.5 Å². The Bertz CT molecular complexity index is 846. The van der Waals surface area contributed by atoms with Crippen LogP contribution in [0.15, 0.2) is 72.4 Å². The standard InChI is InChI=1S/C19H22N6O2/c1-19(2,3)27-18(26)23-22-16(15-9-5-4-6-10-15)17(24-13-7-11-20-24)25-14-8-12-21-25/h4-14,17H,1-3H3,(H,23,26)/b22-16+. The van der Waals surface area contributed by atoms with E-state index in [9.17, 15) is 4.79 Å². The van der Waals surface area contributed by atoms with Crippen molar-refractivity contribution in [2.24, 2.45) is 5.10 Å². The largest absolute Gasteiger partial charge is 0.443 e. The molecule has 0 fully saturated rings. The van der Waals surface area contributed by atoms with Crippen LogP contribution < -0.4 is 5.43 Å². The number of hydrogen-bond donors (Lipinski definition) is 1. The average molecular weight is 366 g/mol. The number of ether oxygens (including phenoxy) is 1. The van der Waals surface area contributed by atoms with E-state index in [0.29, 0.717) is 5.71 Å². The van der Waals surface area contributed by atoms with Crippen LogP contribution in [0.2, 0.25) is 0 Å². The van der Waals surface area contributed by atoms with Crippen LogP contribution in [0.3, 0.4) is 0 Å². The fourth-order valence-corrected chi connectivity index (χ4v) is 2.51. The van der Waals surface area contributed by atoms with Crippen molar-refractivity contribution in [1.82, 2.24) is 25.0 Å². The van der Waals surface area contributed by atoms with Crippen LogP contribution in [0.1, 0.15) is 32.5 Å². The number of nitrogens with zero attached hydrogens (tertiary/aromatic N) is 5. The van der Waals surface area contributed by atoms with Gasteiger partial charge in [-0.2, -0.15) is 15.3 Å². The van der Waals surface area contributed by atoms with E-state index in [1.807, 2.05) is 54.9 Å². The van der Waals surface area contributed by atoms with Gasteiger partial charge in [0.15, 0.2) is 6.17 Å². The highest BCUT2D eigenvalue weighted by Gasteiger charge is 2.24.